The number of imidazole rings is 1. The number of aromatic nitrogens is 2. The minimum absolute atomic E-state index is 0.184. The second-order valence-electron chi connectivity index (χ2n) is 5.72. The number of hydrogen-bond acceptors (Lipinski definition) is 4. The van der Waals surface area contributed by atoms with Crippen molar-refractivity contribution in [3.63, 3.8) is 0 Å². The Hall–Kier alpha value is -1.86. The van der Waals surface area contributed by atoms with Gasteiger partial charge < -0.3 is 5.32 Å². The molecule has 1 unspecified atom stereocenters. The highest BCUT2D eigenvalue weighted by Gasteiger charge is 2.19. The number of rotatable bonds is 8. The number of carbonyl (C=O) groups excluding carboxylic acids is 1. The molecule has 1 atom stereocenters. The molecule has 1 aromatic carbocycles. The molecular formula is C18H25FN4OS. The monoisotopic (exact) mass is 364 g/mol. The van der Waals surface area contributed by atoms with Gasteiger partial charge in [-0.05, 0) is 50.5 Å². The smallest absolute Gasteiger partial charge is 0.270 e. The van der Waals surface area contributed by atoms with E-state index in [0.717, 1.165) is 13.1 Å². The Bertz CT molecular complexity index is 698. The highest BCUT2D eigenvalue weighted by atomic mass is 32.2. The van der Waals surface area contributed by atoms with E-state index in [0.29, 0.717) is 23.1 Å². The van der Waals surface area contributed by atoms with Crippen LogP contribution in [0.5, 0.6) is 0 Å². The van der Waals surface area contributed by atoms with Gasteiger partial charge in [-0.3, -0.25) is 14.3 Å². The van der Waals surface area contributed by atoms with Crippen LogP contribution in [0.4, 0.5) is 4.39 Å². The molecule has 0 aliphatic rings. The average Bonchev–Trinajstić information content (AvgIpc) is 3.05. The van der Waals surface area contributed by atoms with Gasteiger partial charge in [0.1, 0.15) is 11.5 Å². The first kappa shape index (κ1) is 19.5. The summed E-state index contributed by atoms with van der Waals surface area (Å²) >= 11 is 1.44. The third-order valence-corrected chi connectivity index (χ3v) is 4.88. The van der Waals surface area contributed by atoms with E-state index in [1.807, 2.05) is 6.26 Å². The van der Waals surface area contributed by atoms with Gasteiger partial charge in [-0.2, -0.15) is 0 Å². The molecule has 2 aromatic rings. The Morgan fingerprint density at radius 2 is 1.96 bits per heavy atom. The van der Waals surface area contributed by atoms with E-state index in [1.54, 1.807) is 22.9 Å². The number of benzene rings is 1. The molecule has 1 N–H and O–H groups in total. The molecule has 1 aromatic heterocycles. The molecule has 0 aliphatic carbocycles. The second kappa shape index (κ2) is 9.01. The number of hydrogen-bond donors (Lipinski definition) is 1. The SMILES string of the molecule is CCN(CC)C(C)CNC(=O)c1cnc(SC)n1-c1ccc(F)cc1. The van der Waals surface area contributed by atoms with E-state index in [1.165, 1.54) is 23.9 Å². The number of nitrogens with one attached hydrogen (secondary N) is 1. The molecule has 0 saturated carbocycles. The van der Waals surface area contributed by atoms with Gasteiger partial charge in [0.05, 0.1) is 6.20 Å². The highest BCUT2D eigenvalue weighted by Crippen LogP contribution is 2.22. The summed E-state index contributed by atoms with van der Waals surface area (Å²) in [7, 11) is 0. The average molecular weight is 364 g/mol. The molecule has 2 rings (SSSR count). The Kier molecular flexibility index (Phi) is 7.01. The summed E-state index contributed by atoms with van der Waals surface area (Å²) in [5, 5.41) is 3.67. The number of nitrogens with zero attached hydrogens (tertiary/aromatic N) is 3. The van der Waals surface area contributed by atoms with E-state index in [4.69, 9.17) is 0 Å². The van der Waals surface area contributed by atoms with Gasteiger partial charge in [-0.1, -0.05) is 25.6 Å². The van der Waals surface area contributed by atoms with Gasteiger partial charge >= 0.3 is 0 Å². The van der Waals surface area contributed by atoms with E-state index >= 15 is 0 Å². The van der Waals surface area contributed by atoms with Gasteiger partial charge in [0, 0.05) is 18.3 Å². The van der Waals surface area contributed by atoms with Gasteiger partial charge in [-0.25, -0.2) is 9.37 Å². The first-order valence-corrected chi connectivity index (χ1v) is 9.64. The standard InChI is InChI=1S/C18H25FN4OS/c1-5-22(6-2)13(3)11-20-17(24)16-12-21-18(25-4)23(16)15-9-7-14(19)8-10-15/h7-10,12-13H,5-6,11H2,1-4H3,(H,20,24). The molecule has 136 valence electrons. The molecule has 0 aliphatic heterocycles. The van der Waals surface area contributed by atoms with Gasteiger partial charge in [0.25, 0.3) is 5.91 Å². The van der Waals surface area contributed by atoms with Crippen molar-refractivity contribution >= 4 is 17.7 Å². The van der Waals surface area contributed by atoms with Crippen molar-refractivity contribution in [2.24, 2.45) is 0 Å². The number of amides is 1. The van der Waals surface area contributed by atoms with Crippen LogP contribution in [0.3, 0.4) is 0 Å². The normalized spacial score (nSPS) is 12.4. The zero-order valence-electron chi connectivity index (χ0n) is 15.1. The number of halogens is 1. The van der Waals surface area contributed by atoms with Crippen LogP contribution >= 0.6 is 11.8 Å². The minimum atomic E-state index is -0.311. The van der Waals surface area contributed by atoms with Crippen LogP contribution in [0.2, 0.25) is 0 Å². The lowest BCUT2D eigenvalue weighted by Crippen LogP contribution is -2.42. The predicted octanol–water partition coefficient (Wildman–Crippen LogP) is 3.19. The molecule has 7 heteroatoms. The molecule has 0 radical (unpaired) electrons. The predicted molar refractivity (Wildman–Crippen MR) is 100 cm³/mol. The zero-order valence-corrected chi connectivity index (χ0v) is 15.9. The molecule has 0 bridgehead atoms. The Balaban J connectivity index is 2.20. The number of thioether (sulfide) groups is 1. The summed E-state index contributed by atoms with van der Waals surface area (Å²) in [4.78, 5) is 19.3. The molecule has 0 fully saturated rings. The maximum atomic E-state index is 13.2. The van der Waals surface area contributed by atoms with Crippen molar-refractivity contribution in [1.82, 2.24) is 19.8 Å². The summed E-state index contributed by atoms with van der Waals surface area (Å²) in [6.45, 7) is 8.75. The van der Waals surface area contributed by atoms with Crippen LogP contribution in [0, 0.1) is 5.82 Å². The highest BCUT2D eigenvalue weighted by molar-refractivity contribution is 7.98. The summed E-state index contributed by atoms with van der Waals surface area (Å²) < 4.78 is 15.0. The van der Waals surface area contributed by atoms with E-state index < -0.39 is 0 Å². The lowest BCUT2D eigenvalue weighted by Gasteiger charge is -2.26. The molecule has 1 heterocycles. The maximum Gasteiger partial charge on any atom is 0.270 e. The summed E-state index contributed by atoms with van der Waals surface area (Å²) in [6, 6.07) is 6.30. The van der Waals surface area contributed by atoms with Crippen LogP contribution in [-0.2, 0) is 0 Å². The Labute approximate surface area is 152 Å². The largest absolute Gasteiger partial charge is 0.349 e. The minimum Gasteiger partial charge on any atom is -0.349 e. The molecular weight excluding hydrogens is 339 g/mol. The van der Waals surface area contributed by atoms with Crippen molar-refractivity contribution in [3.8, 4) is 5.69 Å². The first-order valence-electron chi connectivity index (χ1n) is 8.41. The van der Waals surface area contributed by atoms with Crippen LogP contribution in [0.15, 0.2) is 35.6 Å². The van der Waals surface area contributed by atoms with Crippen molar-refractivity contribution in [2.75, 3.05) is 25.9 Å². The maximum absolute atomic E-state index is 13.2. The fourth-order valence-electron chi connectivity index (χ4n) is 2.79. The van der Waals surface area contributed by atoms with Crippen LogP contribution < -0.4 is 5.32 Å². The summed E-state index contributed by atoms with van der Waals surface area (Å²) in [5.74, 6) is -0.496. The quantitative estimate of drug-likeness (QED) is 0.731. The molecule has 5 nitrogen and oxygen atoms in total. The van der Waals surface area contributed by atoms with Gasteiger partial charge in [0.15, 0.2) is 5.16 Å². The topological polar surface area (TPSA) is 50.2 Å². The first-order chi connectivity index (χ1) is 12.0. The van der Waals surface area contributed by atoms with Crippen molar-refractivity contribution < 1.29 is 9.18 Å². The lowest BCUT2D eigenvalue weighted by atomic mass is 10.2. The molecule has 25 heavy (non-hydrogen) atoms. The zero-order chi connectivity index (χ0) is 18.4. The van der Waals surface area contributed by atoms with Crippen LogP contribution in [0.25, 0.3) is 5.69 Å². The second-order valence-corrected chi connectivity index (χ2v) is 6.50. The van der Waals surface area contributed by atoms with Crippen LogP contribution in [-0.4, -0.2) is 52.3 Å². The molecule has 0 saturated heterocycles. The number of carbonyl (C=O) groups is 1. The Morgan fingerprint density at radius 3 is 2.52 bits per heavy atom. The fourth-order valence-corrected chi connectivity index (χ4v) is 3.33. The lowest BCUT2D eigenvalue weighted by molar-refractivity contribution is 0.0930. The van der Waals surface area contributed by atoms with Crippen molar-refractivity contribution in [1.29, 1.82) is 0 Å². The summed E-state index contributed by atoms with van der Waals surface area (Å²) in [5.41, 5.74) is 1.16. The third-order valence-electron chi connectivity index (χ3n) is 4.22. The van der Waals surface area contributed by atoms with E-state index in [-0.39, 0.29) is 17.8 Å². The third kappa shape index (κ3) is 4.61. The Morgan fingerprint density at radius 1 is 1.32 bits per heavy atom. The van der Waals surface area contributed by atoms with Crippen molar-refractivity contribution in [3.05, 3.63) is 42.0 Å². The summed E-state index contributed by atoms with van der Waals surface area (Å²) in [6.07, 6.45) is 3.46. The van der Waals surface area contributed by atoms with Gasteiger partial charge in [0.2, 0.25) is 0 Å². The number of likely N-dealkylation sites (N-methyl/N-ethyl adjacent to an activating group) is 1. The molecule has 0 spiro atoms. The van der Waals surface area contributed by atoms with E-state index in [9.17, 15) is 9.18 Å². The van der Waals surface area contributed by atoms with Crippen LogP contribution in [0.1, 0.15) is 31.3 Å². The van der Waals surface area contributed by atoms with Crippen molar-refractivity contribution in [2.45, 2.75) is 32.0 Å². The fraction of sp³-hybridized carbons (Fsp3) is 0.444. The van der Waals surface area contributed by atoms with Gasteiger partial charge in [-0.15, -0.1) is 0 Å². The molecule has 1 amide bonds. The van der Waals surface area contributed by atoms with E-state index in [2.05, 4.69) is 36.0 Å².